The minimum atomic E-state index is 0.109. The van der Waals surface area contributed by atoms with E-state index >= 15 is 0 Å². The monoisotopic (exact) mass is 449 g/mol. The summed E-state index contributed by atoms with van der Waals surface area (Å²) in [4.78, 5) is 38.8. The first kappa shape index (κ1) is 23.2. The Balaban J connectivity index is 1.27. The van der Waals surface area contributed by atoms with Crippen LogP contribution in [-0.4, -0.2) is 89.9 Å². The molecule has 7 nitrogen and oxygen atoms in total. The van der Waals surface area contributed by atoms with E-state index in [9.17, 15) is 9.59 Å². The molecule has 0 N–H and O–H groups in total. The predicted octanol–water partition coefficient (Wildman–Crippen LogP) is 2.75. The van der Waals surface area contributed by atoms with Crippen LogP contribution in [-0.2, 0) is 4.79 Å². The van der Waals surface area contributed by atoms with Gasteiger partial charge in [-0.1, -0.05) is 31.2 Å². The Kier molecular flexibility index (Phi) is 7.94. The number of carbonyl (C=O) groups is 2. The molecule has 2 saturated heterocycles. The van der Waals surface area contributed by atoms with Gasteiger partial charge in [-0.2, -0.15) is 0 Å². The zero-order valence-electron chi connectivity index (χ0n) is 19.6. The standard InChI is InChI=1S/C26H35N5O2/c1-2-14-31(23-11-15-30(16-12-23)26(33)22-8-4-3-5-9-22)21-25(32)29-19-17-28(18-20-29)24-10-6-7-13-27-24/h3-10,13,23H,2,11-12,14-21H2,1H3. The summed E-state index contributed by atoms with van der Waals surface area (Å²) in [6.45, 7) is 8.14. The number of nitrogens with zero attached hydrogens (tertiary/aromatic N) is 5. The van der Waals surface area contributed by atoms with Crippen LogP contribution in [0.1, 0.15) is 36.5 Å². The Labute approximate surface area is 197 Å². The van der Waals surface area contributed by atoms with Gasteiger partial charge in [0.25, 0.3) is 5.91 Å². The van der Waals surface area contributed by atoms with Crippen LogP contribution in [0.25, 0.3) is 0 Å². The Morgan fingerprint density at radius 1 is 0.909 bits per heavy atom. The Morgan fingerprint density at radius 3 is 2.24 bits per heavy atom. The van der Waals surface area contributed by atoms with Gasteiger partial charge < -0.3 is 14.7 Å². The molecule has 7 heteroatoms. The first-order valence-electron chi connectivity index (χ1n) is 12.2. The maximum absolute atomic E-state index is 13.1. The highest BCUT2D eigenvalue weighted by atomic mass is 16.2. The number of hydrogen-bond acceptors (Lipinski definition) is 5. The maximum Gasteiger partial charge on any atom is 0.253 e. The van der Waals surface area contributed by atoms with E-state index in [4.69, 9.17) is 0 Å². The van der Waals surface area contributed by atoms with E-state index in [1.807, 2.05) is 64.5 Å². The number of piperidine rings is 1. The third kappa shape index (κ3) is 5.90. The van der Waals surface area contributed by atoms with Crippen LogP contribution >= 0.6 is 0 Å². The fourth-order valence-corrected chi connectivity index (χ4v) is 4.87. The molecule has 176 valence electrons. The molecule has 0 radical (unpaired) electrons. The van der Waals surface area contributed by atoms with Crippen LogP contribution in [0.3, 0.4) is 0 Å². The minimum Gasteiger partial charge on any atom is -0.353 e. The van der Waals surface area contributed by atoms with Crippen molar-refractivity contribution in [3.05, 3.63) is 60.3 Å². The smallest absolute Gasteiger partial charge is 0.253 e. The average Bonchev–Trinajstić information content (AvgIpc) is 2.89. The summed E-state index contributed by atoms with van der Waals surface area (Å²) >= 11 is 0. The molecule has 2 aliphatic rings. The first-order chi connectivity index (χ1) is 16.2. The molecule has 3 heterocycles. The van der Waals surface area contributed by atoms with Crippen molar-refractivity contribution in [2.24, 2.45) is 0 Å². The van der Waals surface area contributed by atoms with Crippen LogP contribution in [0.5, 0.6) is 0 Å². The number of carbonyl (C=O) groups excluding carboxylic acids is 2. The van der Waals surface area contributed by atoms with Crippen LogP contribution in [0.4, 0.5) is 5.82 Å². The van der Waals surface area contributed by atoms with Gasteiger partial charge in [-0.05, 0) is 50.1 Å². The molecule has 1 aromatic carbocycles. The van der Waals surface area contributed by atoms with Gasteiger partial charge in [0.1, 0.15) is 5.82 Å². The number of rotatable bonds is 7. The molecular formula is C26H35N5O2. The molecule has 0 spiro atoms. The summed E-state index contributed by atoms with van der Waals surface area (Å²) in [5.74, 6) is 1.30. The number of aromatic nitrogens is 1. The second kappa shape index (κ2) is 11.3. The molecule has 2 fully saturated rings. The van der Waals surface area contributed by atoms with Crippen molar-refractivity contribution >= 4 is 17.6 Å². The minimum absolute atomic E-state index is 0.109. The average molecular weight is 450 g/mol. The van der Waals surface area contributed by atoms with Crippen molar-refractivity contribution in [3.8, 4) is 0 Å². The lowest BCUT2D eigenvalue weighted by Crippen LogP contribution is -2.54. The summed E-state index contributed by atoms with van der Waals surface area (Å²) in [6.07, 6.45) is 4.66. The Morgan fingerprint density at radius 2 is 1.61 bits per heavy atom. The number of likely N-dealkylation sites (tertiary alicyclic amines) is 1. The van der Waals surface area contributed by atoms with E-state index < -0.39 is 0 Å². The lowest BCUT2D eigenvalue weighted by molar-refractivity contribution is -0.133. The maximum atomic E-state index is 13.1. The van der Waals surface area contributed by atoms with Crippen molar-refractivity contribution < 1.29 is 9.59 Å². The largest absolute Gasteiger partial charge is 0.353 e. The number of piperazine rings is 1. The van der Waals surface area contributed by atoms with Crippen molar-refractivity contribution in [3.63, 3.8) is 0 Å². The van der Waals surface area contributed by atoms with E-state index in [0.717, 1.165) is 76.5 Å². The van der Waals surface area contributed by atoms with Gasteiger partial charge in [0.15, 0.2) is 0 Å². The second-order valence-corrected chi connectivity index (χ2v) is 8.92. The fourth-order valence-electron chi connectivity index (χ4n) is 4.87. The third-order valence-corrected chi connectivity index (χ3v) is 6.74. The number of amides is 2. The lowest BCUT2D eigenvalue weighted by atomic mass is 10.0. The van der Waals surface area contributed by atoms with E-state index in [1.165, 1.54) is 0 Å². The second-order valence-electron chi connectivity index (χ2n) is 8.92. The summed E-state index contributed by atoms with van der Waals surface area (Å²) in [7, 11) is 0. The number of anilines is 1. The van der Waals surface area contributed by atoms with Gasteiger partial charge in [0, 0.05) is 57.1 Å². The first-order valence-corrected chi connectivity index (χ1v) is 12.2. The molecule has 2 aromatic rings. The molecule has 0 unspecified atom stereocenters. The zero-order chi connectivity index (χ0) is 23.0. The molecule has 2 amide bonds. The van der Waals surface area contributed by atoms with Crippen LogP contribution < -0.4 is 4.90 Å². The normalized spacial score (nSPS) is 17.5. The molecule has 0 saturated carbocycles. The van der Waals surface area contributed by atoms with Crippen LogP contribution in [0, 0.1) is 0 Å². The van der Waals surface area contributed by atoms with Gasteiger partial charge in [0.2, 0.25) is 5.91 Å². The fraction of sp³-hybridized carbons (Fsp3) is 0.500. The zero-order valence-corrected chi connectivity index (χ0v) is 19.6. The van der Waals surface area contributed by atoms with Gasteiger partial charge in [-0.25, -0.2) is 4.98 Å². The molecule has 2 aliphatic heterocycles. The topological polar surface area (TPSA) is 60.0 Å². The van der Waals surface area contributed by atoms with Crippen molar-refractivity contribution in [2.45, 2.75) is 32.2 Å². The molecular weight excluding hydrogens is 414 g/mol. The highest BCUT2D eigenvalue weighted by molar-refractivity contribution is 5.94. The molecule has 4 rings (SSSR count). The number of hydrogen-bond donors (Lipinski definition) is 0. The van der Waals surface area contributed by atoms with E-state index in [-0.39, 0.29) is 11.8 Å². The molecule has 0 bridgehead atoms. The SMILES string of the molecule is CCCN(CC(=O)N1CCN(c2ccccn2)CC1)C1CCN(C(=O)c2ccccc2)CC1. The highest BCUT2D eigenvalue weighted by Crippen LogP contribution is 2.20. The summed E-state index contributed by atoms with van der Waals surface area (Å²) in [5.41, 5.74) is 0.751. The molecule has 0 aliphatic carbocycles. The molecule has 33 heavy (non-hydrogen) atoms. The predicted molar refractivity (Wildman–Crippen MR) is 130 cm³/mol. The number of pyridine rings is 1. The molecule has 1 aromatic heterocycles. The van der Waals surface area contributed by atoms with E-state index in [2.05, 4.69) is 21.7 Å². The Hall–Kier alpha value is -2.93. The van der Waals surface area contributed by atoms with E-state index in [1.54, 1.807) is 0 Å². The van der Waals surface area contributed by atoms with Gasteiger partial charge in [0.05, 0.1) is 6.54 Å². The van der Waals surface area contributed by atoms with Gasteiger partial charge in [-0.15, -0.1) is 0 Å². The molecule has 0 atom stereocenters. The van der Waals surface area contributed by atoms with Crippen molar-refractivity contribution in [2.75, 3.05) is 57.3 Å². The number of benzene rings is 1. The van der Waals surface area contributed by atoms with Gasteiger partial charge >= 0.3 is 0 Å². The van der Waals surface area contributed by atoms with Crippen LogP contribution in [0.2, 0.25) is 0 Å². The van der Waals surface area contributed by atoms with Crippen molar-refractivity contribution in [1.29, 1.82) is 0 Å². The van der Waals surface area contributed by atoms with Crippen LogP contribution in [0.15, 0.2) is 54.7 Å². The summed E-state index contributed by atoms with van der Waals surface area (Å²) in [6, 6.07) is 15.8. The lowest BCUT2D eigenvalue weighted by Gasteiger charge is -2.40. The highest BCUT2D eigenvalue weighted by Gasteiger charge is 2.30. The summed E-state index contributed by atoms with van der Waals surface area (Å²) < 4.78 is 0. The van der Waals surface area contributed by atoms with E-state index in [0.29, 0.717) is 12.6 Å². The van der Waals surface area contributed by atoms with Crippen molar-refractivity contribution in [1.82, 2.24) is 19.7 Å². The quantitative estimate of drug-likeness (QED) is 0.651. The summed E-state index contributed by atoms with van der Waals surface area (Å²) in [5, 5.41) is 0. The van der Waals surface area contributed by atoms with Gasteiger partial charge in [-0.3, -0.25) is 14.5 Å². The Bertz CT molecular complexity index is 891. The third-order valence-electron chi connectivity index (χ3n) is 6.74.